The van der Waals surface area contributed by atoms with Crippen LogP contribution in [0.3, 0.4) is 0 Å². The molecule has 1 aromatic heterocycles. The van der Waals surface area contributed by atoms with Gasteiger partial charge in [0, 0.05) is 14.1 Å². The summed E-state index contributed by atoms with van der Waals surface area (Å²) in [5.41, 5.74) is 0. The molecule has 2 aromatic rings. The molecule has 0 radical (unpaired) electrons. The van der Waals surface area contributed by atoms with Gasteiger partial charge in [0.2, 0.25) is 5.95 Å². The monoisotopic (exact) mass is 246 g/mol. The fraction of sp³-hybridized carbons (Fsp3) is 0.333. The maximum absolute atomic E-state index is 5.88. The Hall–Kier alpha value is -2.24. The third-order valence-corrected chi connectivity index (χ3v) is 2.93. The number of ether oxygens (including phenoxy) is 2. The number of hydrogen-bond donors (Lipinski definition) is 1. The van der Waals surface area contributed by atoms with Crippen LogP contribution in [0.1, 0.15) is 11.9 Å². The molecule has 0 saturated heterocycles. The summed E-state index contributed by atoms with van der Waals surface area (Å²) in [7, 11) is 3.70. The van der Waals surface area contributed by atoms with Crippen LogP contribution in [0.4, 0.5) is 5.95 Å². The molecule has 1 aromatic carbocycles. The van der Waals surface area contributed by atoms with E-state index in [1.807, 2.05) is 35.9 Å². The van der Waals surface area contributed by atoms with Crippen LogP contribution in [0.15, 0.2) is 24.3 Å². The van der Waals surface area contributed by atoms with E-state index >= 15 is 0 Å². The molecule has 1 atom stereocenters. The molecule has 0 fully saturated rings. The molecule has 0 bridgehead atoms. The Bertz CT molecular complexity index is 567. The van der Waals surface area contributed by atoms with E-state index in [0.29, 0.717) is 12.6 Å². The van der Waals surface area contributed by atoms with Crippen molar-refractivity contribution in [1.82, 2.24) is 14.8 Å². The highest BCUT2D eigenvalue weighted by Gasteiger charge is 2.26. The molecular weight excluding hydrogens is 232 g/mol. The average molecular weight is 246 g/mol. The predicted molar refractivity (Wildman–Crippen MR) is 65.9 cm³/mol. The van der Waals surface area contributed by atoms with Crippen LogP contribution in [0.25, 0.3) is 0 Å². The van der Waals surface area contributed by atoms with Crippen LogP contribution < -0.4 is 14.8 Å². The van der Waals surface area contributed by atoms with Gasteiger partial charge in [0.15, 0.2) is 23.4 Å². The number of para-hydroxylation sites is 2. The van der Waals surface area contributed by atoms with Gasteiger partial charge in [-0.25, -0.2) is 0 Å². The third-order valence-electron chi connectivity index (χ3n) is 2.93. The molecular formula is C12H14N4O2. The van der Waals surface area contributed by atoms with E-state index in [1.165, 1.54) is 0 Å². The molecule has 1 unspecified atom stereocenters. The molecule has 0 spiro atoms. The molecule has 0 saturated carbocycles. The second-order valence-corrected chi connectivity index (χ2v) is 4.06. The maximum Gasteiger partial charge on any atom is 0.224 e. The highest BCUT2D eigenvalue weighted by molar-refractivity contribution is 5.41. The Morgan fingerprint density at radius 1 is 1.28 bits per heavy atom. The van der Waals surface area contributed by atoms with Crippen LogP contribution >= 0.6 is 0 Å². The van der Waals surface area contributed by atoms with Crippen LogP contribution in [0, 0.1) is 0 Å². The topological polar surface area (TPSA) is 61.2 Å². The zero-order chi connectivity index (χ0) is 12.5. The summed E-state index contributed by atoms with van der Waals surface area (Å²) in [5.74, 6) is 2.95. The smallest absolute Gasteiger partial charge is 0.224 e. The number of benzene rings is 1. The van der Waals surface area contributed by atoms with Crippen LogP contribution in [0.5, 0.6) is 11.5 Å². The van der Waals surface area contributed by atoms with Gasteiger partial charge in [0.1, 0.15) is 6.61 Å². The fourth-order valence-corrected chi connectivity index (χ4v) is 1.99. The summed E-state index contributed by atoms with van der Waals surface area (Å²) < 4.78 is 13.4. The summed E-state index contributed by atoms with van der Waals surface area (Å²) >= 11 is 0. The summed E-state index contributed by atoms with van der Waals surface area (Å²) in [6.07, 6.45) is -0.237. The normalized spacial score (nSPS) is 17.6. The lowest BCUT2D eigenvalue weighted by Gasteiger charge is -2.25. The number of aromatic nitrogens is 3. The van der Waals surface area contributed by atoms with Crippen LogP contribution in [-0.2, 0) is 7.05 Å². The molecule has 2 heterocycles. The largest absolute Gasteiger partial charge is 0.485 e. The average Bonchev–Trinajstić information content (AvgIpc) is 2.79. The van der Waals surface area contributed by atoms with Crippen molar-refractivity contribution < 1.29 is 9.47 Å². The van der Waals surface area contributed by atoms with E-state index in [4.69, 9.17) is 9.47 Å². The lowest BCUT2D eigenvalue weighted by Crippen LogP contribution is -2.24. The van der Waals surface area contributed by atoms with Gasteiger partial charge in [-0.1, -0.05) is 12.1 Å². The summed E-state index contributed by atoms with van der Waals surface area (Å²) in [6, 6.07) is 7.61. The Morgan fingerprint density at radius 2 is 2.06 bits per heavy atom. The second-order valence-electron chi connectivity index (χ2n) is 4.06. The van der Waals surface area contributed by atoms with Crippen molar-refractivity contribution in [3.8, 4) is 11.5 Å². The Labute approximate surface area is 105 Å². The maximum atomic E-state index is 5.88. The minimum absolute atomic E-state index is 0.237. The first-order valence-electron chi connectivity index (χ1n) is 5.75. The summed E-state index contributed by atoms with van der Waals surface area (Å²) in [6.45, 7) is 0.437. The van der Waals surface area contributed by atoms with Gasteiger partial charge in [0.05, 0.1) is 0 Å². The lowest BCUT2D eigenvalue weighted by atomic mass is 10.2. The zero-order valence-electron chi connectivity index (χ0n) is 10.3. The van der Waals surface area contributed by atoms with Crippen molar-refractivity contribution in [2.45, 2.75) is 6.10 Å². The van der Waals surface area contributed by atoms with Crippen molar-refractivity contribution in [1.29, 1.82) is 0 Å². The number of nitrogens with one attached hydrogen (secondary N) is 1. The van der Waals surface area contributed by atoms with E-state index in [1.54, 1.807) is 7.05 Å². The van der Waals surface area contributed by atoms with Gasteiger partial charge in [-0.2, -0.15) is 0 Å². The Morgan fingerprint density at radius 3 is 2.78 bits per heavy atom. The number of anilines is 1. The molecule has 1 aliphatic heterocycles. The molecule has 0 aliphatic carbocycles. The molecule has 94 valence electrons. The van der Waals surface area contributed by atoms with E-state index in [0.717, 1.165) is 17.3 Å². The van der Waals surface area contributed by atoms with Crippen molar-refractivity contribution in [2.24, 2.45) is 7.05 Å². The predicted octanol–water partition coefficient (Wildman–Crippen LogP) is 1.37. The van der Waals surface area contributed by atoms with Crippen molar-refractivity contribution in [2.75, 3.05) is 19.0 Å². The SMILES string of the molecule is CNc1nnc(C2COc3ccccc3O2)n1C. The standard InChI is InChI=1S/C12H14N4O2/c1-13-12-15-14-11(16(12)2)10-7-17-8-5-3-4-6-9(8)18-10/h3-6,10H,7H2,1-2H3,(H,13,15). The van der Waals surface area contributed by atoms with Gasteiger partial charge in [-0.15, -0.1) is 10.2 Å². The fourth-order valence-electron chi connectivity index (χ4n) is 1.99. The van der Waals surface area contributed by atoms with E-state index < -0.39 is 0 Å². The van der Waals surface area contributed by atoms with E-state index in [2.05, 4.69) is 15.5 Å². The first-order valence-corrected chi connectivity index (χ1v) is 5.75. The molecule has 1 aliphatic rings. The molecule has 18 heavy (non-hydrogen) atoms. The molecule has 1 N–H and O–H groups in total. The van der Waals surface area contributed by atoms with Crippen molar-refractivity contribution in [3.05, 3.63) is 30.1 Å². The second kappa shape index (κ2) is 4.21. The quantitative estimate of drug-likeness (QED) is 0.867. The zero-order valence-corrected chi connectivity index (χ0v) is 10.3. The highest BCUT2D eigenvalue weighted by Crippen LogP contribution is 2.35. The Kier molecular flexibility index (Phi) is 2.55. The minimum Gasteiger partial charge on any atom is -0.485 e. The van der Waals surface area contributed by atoms with Crippen LogP contribution in [0.2, 0.25) is 0 Å². The van der Waals surface area contributed by atoms with E-state index in [-0.39, 0.29) is 6.10 Å². The van der Waals surface area contributed by atoms with Crippen molar-refractivity contribution >= 4 is 5.95 Å². The first-order chi connectivity index (χ1) is 8.79. The molecule has 3 rings (SSSR count). The minimum atomic E-state index is -0.237. The Balaban J connectivity index is 1.89. The van der Waals surface area contributed by atoms with Gasteiger partial charge in [-0.05, 0) is 12.1 Å². The van der Waals surface area contributed by atoms with Crippen molar-refractivity contribution in [3.63, 3.8) is 0 Å². The number of hydrogen-bond acceptors (Lipinski definition) is 5. The van der Waals surface area contributed by atoms with Gasteiger partial charge in [0.25, 0.3) is 0 Å². The summed E-state index contributed by atoms with van der Waals surface area (Å²) in [5, 5.41) is 11.1. The first kappa shape index (κ1) is 10.9. The highest BCUT2D eigenvalue weighted by atomic mass is 16.6. The third kappa shape index (κ3) is 1.66. The molecule has 6 nitrogen and oxygen atoms in total. The number of nitrogens with zero attached hydrogens (tertiary/aromatic N) is 3. The number of rotatable bonds is 2. The van der Waals surface area contributed by atoms with Crippen LogP contribution in [-0.4, -0.2) is 28.4 Å². The number of fused-ring (bicyclic) bond motifs is 1. The van der Waals surface area contributed by atoms with E-state index in [9.17, 15) is 0 Å². The van der Waals surface area contributed by atoms with Gasteiger partial charge < -0.3 is 14.8 Å². The molecule has 0 amide bonds. The lowest BCUT2D eigenvalue weighted by molar-refractivity contribution is 0.0829. The van der Waals surface area contributed by atoms with Gasteiger partial charge in [-0.3, -0.25) is 4.57 Å². The van der Waals surface area contributed by atoms with Gasteiger partial charge >= 0.3 is 0 Å². The molecule has 6 heteroatoms. The summed E-state index contributed by atoms with van der Waals surface area (Å²) in [4.78, 5) is 0.